The van der Waals surface area contributed by atoms with Gasteiger partial charge in [-0.2, -0.15) is 0 Å². The fourth-order valence-electron chi connectivity index (χ4n) is 7.82. The van der Waals surface area contributed by atoms with Crippen LogP contribution in [0.3, 0.4) is 0 Å². The topological polar surface area (TPSA) is 200 Å². The molecule has 0 spiro atoms. The first kappa shape index (κ1) is 54.0. The van der Waals surface area contributed by atoms with Gasteiger partial charge in [0.05, 0.1) is 6.04 Å². The quantitative estimate of drug-likeness (QED) is 0.0450. The number of aliphatic hydroxyl groups excluding tert-OH is 1. The highest BCUT2D eigenvalue weighted by Gasteiger charge is 2.37. The van der Waals surface area contributed by atoms with Gasteiger partial charge in [0.2, 0.25) is 29.5 Å². The number of hydrogen-bond acceptors (Lipinski definition) is 8. The molecule has 4 aromatic rings. The Labute approximate surface area is 397 Å². The molecule has 0 saturated carbocycles. The standard InChI is InChI=1S/C51H67F2N7O8/c1-33(2)45(58-48(65)42(57-35(4)62)21-14-15-24-55-50(67)68-32-37-19-12-9-13-20-37)49(66)56-34(3)47(64)54-25-16-26-60(44(63)31-61)46(51(5,6)7)43-27-38(40-28-39(52)22-23-41(40)53)30-59(43)29-36-17-10-8-11-18-36/h8-13,17-20,22-23,27-28,30,33-34,42,45-46,61H,14-16,21,24-26,29,31-32H2,1-7H3,(H,54,64)(H,55,67)(H,56,66)(H,57,62)(H,58,65)/t34-,42-,45-,46-/m0/s1. The number of carbonyl (C=O) groups excluding carboxylic acids is 6. The van der Waals surface area contributed by atoms with E-state index < -0.39 is 89.4 Å². The summed E-state index contributed by atoms with van der Waals surface area (Å²) in [7, 11) is 0. The summed E-state index contributed by atoms with van der Waals surface area (Å²) >= 11 is 0. The lowest BCUT2D eigenvalue weighted by molar-refractivity contribution is -0.139. The van der Waals surface area contributed by atoms with Crippen molar-refractivity contribution in [2.75, 3.05) is 26.2 Å². The van der Waals surface area contributed by atoms with Crippen molar-refractivity contribution in [2.24, 2.45) is 11.3 Å². The maximum absolute atomic E-state index is 15.1. The van der Waals surface area contributed by atoms with Crippen molar-refractivity contribution in [1.82, 2.24) is 36.1 Å². The number of rotatable bonds is 24. The van der Waals surface area contributed by atoms with Crippen LogP contribution >= 0.6 is 0 Å². The van der Waals surface area contributed by atoms with Gasteiger partial charge < -0.3 is 45.9 Å². The number of alkyl carbamates (subject to hydrolysis) is 1. The van der Waals surface area contributed by atoms with Gasteiger partial charge in [-0.3, -0.25) is 24.0 Å². The van der Waals surface area contributed by atoms with Crippen molar-refractivity contribution < 1.29 is 47.4 Å². The maximum atomic E-state index is 15.1. The Kier molecular flexibility index (Phi) is 20.7. The van der Waals surface area contributed by atoms with Crippen LogP contribution in [-0.2, 0) is 41.9 Å². The van der Waals surface area contributed by atoms with Gasteiger partial charge in [-0.25, -0.2) is 13.6 Å². The van der Waals surface area contributed by atoms with Crippen LogP contribution in [0.5, 0.6) is 0 Å². The second-order valence-electron chi connectivity index (χ2n) is 18.2. The van der Waals surface area contributed by atoms with Gasteiger partial charge >= 0.3 is 6.09 Å². The Balaban J connectivity index is 1.36. The molecule has 0 aliphatic carbocycles. The van der Waals surface area contributed by atoms with Gasteiger partial charge in [-0.1, -0.05) is 95.3 Å². The summed E-state index contributed by atoms with van der Waals surface area (Å²) in [6, 6.07) is 20.0. The summed E-state index contributed by atoms with van der Waals surface area (Å²) in [5.74, 6) is -4.34. The third kappa shape index (κ3) is 16.6. The van der Waals surface area contributed by atoms with Crippen LogP contribution in [0.15, 0.2) is 91.1 Å². The Bertz CT molecular complexity index is 2300. The van der Waals surface area contributed by atoms with Crippen LogP contribution < -0.4 is 26.6 Å². The van der Waals surface area contributed by atoms with Crippen LogP contribution in [0.2, 0.25) is 0 Å². The first-order valence-corrected chi connectivity index (χ1v) is 23.0. The summed E-state index contributed by atoms with van der Waals surface area (Å²) in [5.41, 5.74) is 2.24. The number of aromatic nitrogens is 1. The number of nitrogens with one attached hydrogen (secondary N) is 5. The van der Waals surface area contributed by atoms with Crippen molar-refractivity contribution in [1.29, 1.82) is 0 Å². The van der Waals surface area contributed by atoms with Crippen LogP contribution in [0.1, 0.15) is 97.0 Å². The molecule has 4 rings (SSSR count). The van der Waals surface area contributed by atoms with E-state index in [2.05, 4.69) is 26.6 Å². The summed E-state index contributed by atoms with van der Waals surface area (Å²) in [6.07, 6.45) is 2.57. The fraction of sp³-hybridized carbons (Fsp3) is 0.451. The normalized spacial score (nSPS) is 13.1. The molecule has 68 heavy (non-hydrogen) atoms. The van der Waals surface area contributed by atoms with Crippen LogP contribution in [0.4, 0.5) is 13.6 Å². The Hall–Kier alpha value is -6.62. The molecular weight excluding hydrogens is 877 g/mol. The summed E-state index contributed by atoms with van der Waals surface area (Å²) in [4.78, 5) is 79.6. The third-order valence-electron chi connectivity index (χ3n) is 11.2. The molecule has 0 radical (unpaired) electrons. The van der Waals surface area contributed by atoms with E-state index in [1.807, 2.05) is 86.0 Å². The van der Waals surface area contributed by atoms with E-state index in [9.17, 15) is 38.3 Å². The first-order valence-electron chi connectivity index (χ1n) is 23.0. The molecule has 1 aromatic heterocycles. The van der Waals surface area contributed by atoms with Gasteiger partial charge in [-0.15, -0.1) is 0 Å². The predicted molar refractivity (Wildman–Crippen MR) is 254 cm³/mol. The average Bonchev–Trinajstić information content (AvgIpc) is 3.69. The van der Waals surface area contributed by atoms with E-state index in [1.54, 1.807) is 26.1 Å². The largest absolute Gasteiger partial charge is 0.445 e. The molecule has 6 amide bonds. The van der Waals surface area contributed by atoms with Gasteiger partial charge in [0.25, 0.3) is 0 Å². The number of hydrogen-bond donors (Lipinski definition) is 6. The van der Waals surface area contributed by atoms with E-state index in [0.29, 0.717) is 30.6 Å². The second-order valence-corrected chi connectivity index (χ2v) is 18.2. The zero-order chi connectivity index (χ0) is 50.0. The molecular formula is C51H67F2N7O8. The van der Waals surface area contributed by atoms with Gasteiger partial charge in [-0.05, 0) is 79.3 Å². The predicted octanol–water partition coefficient (Wildman–Crippen LogP) is 6.14. The third-order valence-corrected chi connectivity index (χ3v) is 11.2. The van der Waals surface area contributed by atoms with E-state index in [4.69, 9.17) is 4.74 Å². The first-order chi connectivity index (χ1) is 32.3. The fourth-order valence-corrected chi connectivity index (χ4v) is 7.82. The number of unbranched alkanes of at least 4 members (excludes halogenated alkanes) is 1. The lowest BCUT2D eigenvalue weighted by atomic mass is 9.83. The molecule has 3 aromatic carbocycles. The molecule has 0 saturated heterocycles. The lowest BCUT2D eigenvalue weighted by Gasteiger charge is -2.41. The monoisotopic (exact) mass is 944 g/mol. The van der Waals surface area contributed by atoms with Gasteiger partial charge in [0.1, 0.15) is 43.0 Å². The smallest absolute Gasteiger partial charge is 0.407 e. The summed E-state index contributed by atoms with van der Waals surface area (Å²) in [6.45, 7) is 12.2. The molecule has 4 atom stereocenters. The summed E-state index contributed by atoms with van der Waals surface area (Å²) < 4.78 is 36.7. The molecule has 368 valence electrons. The SMILES string of the molecule is CC(=O)N[C@@H](CCCCNC(=O)OCc1ccccc1)C(=O)N[C@H](C(=O)N[C@@H](C)C(=O)NCCCN(C(=O)CO)[C@@H](c1cc(-c2cc(F)ccc2F)cn1Cc1ccccc1)C(C)(C)C)C(C)C. The zero-order valence-electron chi connectivity index (χ0n) is 40.1. The maximum Gasteiger partial charge on any atom is 0.407 e. The van der Waals surface area contributed by atoms with E-state index in [1.165, 1.54) is 18.7 Å². The number of amides is 6. The minimum atomic E-state index is -1.05. The molecule has 0 unspecified atom stereocenters. The Morgan fingerprint density at radius 1 is 0.765 bits per heavy atom. The van der Waals surface area contributed by atoms with E-state index >= 15 is 4.39 Å². The van der Waals surface area contributed by atoms with Crippen LogP contribution in [0, 0.1) is 23.0 Å². The summed E-state index contributed by atoms with van der Waals surface area (Å²) in [5, 5.41) is 23.7. The number of ether oxygens (including phenoxy) is 1. The van der Waals surface area contributed by atoms with Crippen molar-refractivity contribution >= 4 is 35.6 Å². The highest BCUT2D eigenvalue weighted by molar-refractivity contribution is 5.94. The molecule has 0 aliphatic heterocycles. The van der Waals surface area contributed by atoms with E-state index in [0.717, 1.165) is 29.3 Å². The number of halogens is 2. The number of benzene rings is 3. The minimum absolute atomic E-state index is 0.0584. The van der Waals surface area contributed by atoms with E-state index in [-0.39, 0.29) is 44.6 Å². The van der Waals surface area contributed by atoms with Crippen molar-refractivity contribution in [2.45, 2.75) is 111 Å². The molecule has 17 heteroatoms. The van der Waals surface area contributed by atoms with Crippen molar-refractivity contribution in [3.8, 4) is 11.1 Å². The molecule has 0 fully saturated rings. The molecule has 15 nitrogen and oxygen atoms in total. The minimum Gasteiger partial charge on any atom is -0.445 e. The second kappa shape index (κ2) is 26.1. The average molecular weight is 944 g/mol. The number of carbonyl (C=O) groups is 6. The lowest BCUT2D eigenvalue weighted by Crippen LogP contribution is -2.57. The molecule has 6 N–H and O–H groups in total. The van der Waals surface area contributed by atoms with Crippen molar-refractivity contribution in [3.63, 3.8) is 0 Å². The molecule has 0 aliphatic rings. The number of aliphatic hydroxyl groups is 1. The Morgan fingerprint density at radius 2 is 1.41 bits per heavy atom. The van der Waals surface area contributed by atoms with Crippen LogP contribution in [0.25, 0.3) is 11.1 Å². The highest BCUT2D eigenvalue weighted by Crippen LogP contribution is 2.41. The van der Waals surface area contributed by atoms with Gasteiger partial charge in [0, 0.05) is 56.1 Å². The highest BCUT2D eigenvalue weighted by atomic mass is 19.1. The Morgan fingerprint density at radius 3 is 2.03 bits per heavy atom. The van der Waals surface area contributed by atoms with Crippen LogP contribution in [-0.4, -0.2) is 94.6 Å². The van der Waals surface area contributed by atoms with Gasteiger partial charge in [0.15, 0.2) is 0 Å². The molecule has 0 bridgehead atoms. The molecule has 1 heterocycles. The zero-order valence-corrected chi connectivity index (χ0v) is 40.1. The number of nitrogens with zero attached hydrogens (tertiary/aromatic N) is 2. The van der Waals surface area contributed by atoms with Crippen molar-refractivity contribution in [3.05, 3.63) is 120 Å².